The monoisotopic (exact) mass is 1200 g/mol. The molecule has 0 saturated heterocycles. The Bertz CT molecular complexity index is 5260. The number of benzene rings is 13. The van der Waals surface area contributed by atoms with Gasteiger partial charge in [0.05, 0.1) is 33.4 Å². The molecular weight excluding hydrogens is 1150 g/mol. The molecule has 0 fully saturated rings. The third-order valence-electron chi connectivity index (χ3n) is 18.0. The van der Waals surface area contributed by atoms with Crippen LogP contribution in [0.15, 0.2) is 315 Å². The molecule has 0 aliphatic heterocycles. The van der Waals surface area contributed by atoms with Gasteiger partial charge in [0.15, 0.2) is 34.9 Å². The summed E-state index contributed by atoms with van der Waals surface area (Å²) in [5.74, 6) is 3.55. The van der Waals surface area contributed by atoms with Crippen LogP contribution >= 0.6 is 0 Å². The van der Waals surface area contributed by atoms with Crippen LogP contribution in [0, 0.1) is 13.8 Å². The SMILES string of the molecule is Cc1ccc(-c2ccc3c(c2)c2ccccc2n3-c2cc(-c3nc(-c4ccccc4)nc(-c4ccccc4)n3)ccc2-c2cccc(-c3ccc(-c4nc(-c5ccccc5)nc(-c5ccccc5)n4)cc3-n3c4ccccc4c4cc(-c5ccc(C)cc5)ccc43)c2)cc1. The van der Waals surface area contributed by atoms with E-state index in [2.05, 4.69) is 266 Å². The lowest BCUT2D eigenvalue weighted by Gasteiger charge is -2.19. The van der Waals surface area contributed by atoms with Gasteiger partial charge in [-0.15, -0.1) is 0 Å². The number of aryl methyl sites for hydroxylation is 2. The van der Waals surface area contributed by atoms with Gasteiger partial charge in [0.1, 0.15) is 0 Å². The fourth-order valence-corrected chi connectivity index (χ4v) is 13.2. The van der Waals surface area contributed by atoms with Crippen molar-refractivity contribution >= 4 is 43.6 Å². The Morgan fingerprint density at radius 2 is 0.479 bits per heavy atom. The number of hydrogen-bond acceptors (Lipinski definition) is 6. The average molecular weight is 1200 g/mol. The van der Waals surface area contributed by atoms with Crippen molar-refractivity contribution in [1.29, 1.82) is 0 Å². The first-order valence-electron chi connectivity index (χ1n) is 31.7. The minimum atomic E-state index is 0.573. The number of fused-ring (bicyclic) bond motifs is 6. The summed E-state index contributed by atoms with van der Waals surface area (Å²) in [5, 5.41) is 4.62. The van der Waals surface area contributed by atoms with Crippen LogP contribution < -0.4 is 0 Å². The quantitative estimate of drug-likeness (QED) is 0.121. The summed E-state index contributed by atoms with van der Waals surface area (Å²) in [5.41, 5.74) is 22.9. The second kappa shape index (κ2) is 23.4. The highest BCUT2D eigenvalue weighted by molar-refractivity contribution is 6.12. The smallest absolute Gasteiger partial charge is 0.164 e. The fraction of sp³-hybridized carbons (Fsp3) is 0.0233. The van der Waals surface area contributed by atoms with Crippen molar-refractivity contribution in [3.63, 3.8) is 0 Å². The highest BCUT2D eigenvalue weighted by Crippen LogP contribution is 2.44. The van der Waals surface area contributed by atoms with Crippen LogP contribution in [0.3, 0.4) is 0 Å². The molecule has 442 valence electrons. The molecule has 94 heavy (non-hydrogen) atoms. The third-order valence-corrected chi connectivity index (χ3v) is 18.0. The summed E-state index contributed by atoms with van der Waals surface area (Å²) in [6.45, 7) is 4.27. The summed E-state index contributed by atoms with van der Waals surface area (Å²) >= 11 is 0. The second-order valence-corrected chi connectivity index (χ2v) is 24.0. The first kappa shape index (κ1) is 55.5. The molecule has 13 aromatic carbocycles. The summed E-state index contributed by atoms with van der Waals surface area (Å²) in [7, 11) is 0. The summed E-state index contributed by atoms with van der Waals surface area (Å²) in [6.07, 6.45) is 0. The van der Waals surface area contributed by atoms with E-state index in [1.807, 2.05) is 72.8 Å². The molecule has 0 atom stereocenters. The molecule has 0 spiro atoms. The number of aromatic nitrogens is 8. The molecular formula is C86H58N8. The number of rotatable bonds is 12. The molecule has 0 bridgehead atoms. The van der Waals surface area contributed by atoms with Crippen molar-refractivity contribution < 1.29 is 0 Å². The Morgan fingerprint density at radius 3 is 0.840 bits per heavy atom. The molecule has 8 heteroatoms. The zero-order valence-electron chi connectivity index (χ0n) is 51.6. The Balaban J connectivity index is 0.896. The lowest BCUT2D eigenvalue weighted by atomic mass is 9.95. The topological polar surface area (TPSA) is 87.2 Å². The number of nitrogens with zero attached hydrogens (tertiary/aromatic N) is 8. The Hall–Kier alpha value is -12.5. The molecule has 4 aromatic heterocycles. The Kier molecular flexibility index (Phi) is 13.8. The molecule has 0 aliphatic rings. The van der Waals surface area contributed by atoms with Crippen molar-refractivity contribution in [3.05, 3.63) is 327 Å². The first-order valence-corrected chi connectivity index (χ1v) is 31.7. The van der Waals surface area contributed by atoms with Gasteiger partial charge in [-0.2, -0.15) is 0 Å². The first-order chi connectivity index (χ1) is 46.4. The van der Waals surface area contributed by atoms with Crippen molar-refractivity contribution in [3.8, 4) is 124 Å². The van der Waals surface area contributed by atoms with E-state index >= 15 is 0 Å². The van der Waals surface area contributed by atoms with Crippen molar-refractivity contribution in [2.24, 2.45) is 0 Å². The molecule has 0 saturated carbocycles. The van der Waals surface area contributed by atoms with E-state index in [0.717, 1.165) is 122 Å². The lowest BCUT2D eigenvalue weighted by molar-refractivity contribution is 1.07. The van der Waals surface area contributed by atoms with E-state index in [-0.39, 0.29) is 0 Å². The van der Waals surface area contributed by atoms with Crippen LogP contribution in [0.2, 0.25) is 0 Å². The molecule has 0 amide bonds. The van der Waals surface area contributed by atoms with E-state index in [1.165, 1.54) is 22.3 Å². The maximum absolute atomic E-state index is 5.28. The van der Waals surface area contributed by atoms with Crippen LogP contribution in [0.5, 0.6) is 0 Å². The number of hydrogen-bond donors (Lipinski definition) is 0. The van der Waals surface area contributed by atoms with Gasteiger partial charge in [-0.3, -0.25) is 0 Å². The van der Waals surface area contributed by atoms with Crippen molar-refractivity contribution in [2.75, 3.05) is 0 Å². The van der Waals surface area contributed by atoms with Crippen molar-refractivity contribution in [1.82, 2.24) is 39.0 Å². The van der Waals surface area contributed by atoms with Crippen molar-refractivity contribution in [2.45, 2.75) is 13.8 Å². The van der Waals surface area contributed by atoms with E-state index in [1.54, 1.807) is 0 Å². The zero-order chi connectivity index (χ0) is 62.6. The fourth-order valence-electron chi connectivity index (χ4n) is 13.2. The maximum atomic E-state index is 5.28. The predicted molar refractivity (Wildman–Crippen MR) is 386 cm³/mol. The standard InChI is InChI=1S/C86H58N8/c1-55-34-38-57(39-35-55)63-44-48-77-73(51-63)71-30-15-17-32-75(71)93(77)79-53-67(85-89-81(59-20-7-3-8-21-59)87-82(90-85)60-22-9-4-10-23-60)42-46-69(79)65-28-19-29-66(50-65)70-47-43-68(86-91-83(61-24-11-5-12-25-61)88-84(92-86)62-26-13-6-14-27-62)54-80(70)94-76-33-18-16-31-72(76)74-52-64(45-49-78(74)94)58-40-36-56(2)37-41-58/h3-54H,1-2H3. The van der Waals surface area contributed by atoms with Crippen LogP contribution in [0.4, 0.5) is 0 Å². The van der Waals surface area contributed by atoms with Gasteiger partial charge in [0, 0.05) is 66.1 Å². The lowest BCUT2D eigenvalue weighted by Crippen LogP contribution is -2.03. The van der Waals surface area contributed by atoms with Crippen LogP contribution in [-0.2, 0) is 0 Å². The third kappa shape index (κ3) is 10.2. The average Bonchev–Trinajstić information content (AvgIpc) is 1.57. The normalized spacial score (nSPS) is 11.5. The van der Waals surface area contributed by atoms with Gasteiger partial charge >= 0.3 is 0 Å². The molecule has 0 aliphatic carbocycles. The molecule has 8 nitrogen and oxygen atoms in total. The van der Waals surface area contributed by atoms with Gasteiger partial charge in [-0.25, -0.2) is 29.9 Å². The van der Waals surface area contributed by atoms with E-state index < -0.39 is 0 Å². The summed E-state index contributed by atoms with van der Waals surface area (Å²) in [6, 6.07) is 112. The molecule has 0 radical (unpaired) electrons. The van der Waals surface area contributed by atoms with Gasteiger partial charge in [0.25, 0.3) is 0 Å². The zero-order valence-corrected chi connectivity index (χ0v) is 51.6. The van der Waals surface area contributed by atoms with Gasteiger partial charge in [-0.05, 0) is 102 Å². The molecule has 0 unspecified atom stereocenters. The van der Waals surface area contributed by atoms with Crippen LogP contribution in [-0.4, -0.2) is 39.0 Å². The van der Waals surface area contributed by atoms with E-state index in [0.29, 0.717) is 34.9 Å². The van der Waals surface area contributed by atoms with Gasteiger partial charge in [-0.1, -0.05) is 272 Å². The summed E-state index contributed by atoms with van der Waals surface area (Å²) in [4.78, 5) is 31.3. The maximum Gasteiger partial charge on any atom is 0.164 e. The molecule has 4 heterocycles. The molecule has 17 rings (SSSR count). The highest BCUT2D eigenvalue weighted by Gasteiger charge is 2.24. The van der Waals surface area contributed by atoms with Crippen LogP contribution in [0.1, 0.15) is 11.1 Å². The predicted octanol–water partition coefficient (Wildman–Crippen LogP) is 21.5. The van der Waals surface area contributed by atoms with Gasteiger partial charge < -0.3 is 9.13 Å². The van der Waals surface area contributed by atoms with Gasteiger partial charge in [0.2, 0.25) is 0 Å². The van der Waals surface area contributed by atoms with E-state index in [4.69, 9.17) is 29.9 Å². The Labute approximate surface area is 544 Å². The minimum Gasteiger partial charge on any atom is -0.309 e. The van der Waals surface area contributed by atoms with E-state index in [9.17, 15) is 0 Å². The largest absolute Gasteiger partial charge is 0.309 e. The second-order valence-electron chi connectivity index (χ2n) is 24.0. The number of para-hydroxylation sites is 2. The Morgan fingerprint density at radius 1 is 0.191 bits per heavy atom. The minimum absolute atomic E-state index is 0.573. The van der Waals surface area contributed by atoms with Crippen LogP contribution in [0.25, 0.3) is 168 Å². The highest BCUT2D eigenvalue weighted by atomic mass is 15.1. The molecule has 0 N–H and O–H groups in total. The molecule has 17 aromatic rings. The summed E-state index contributed by atoms with van der Waals surface area (Å²) < 4.78 is 4.86.